The maximum atomic E-state index is 6.29. The topological polar surface area (TPSA) is 12.5 Å². The van der Waals surface area contributed by atoms with Gasteiger partial charge in [0.05, 0.1) is 12.7 Å². The zero-order valence-electron chi connectivity index (χ0n) is 16.4. The third kappa shape index (κ3) is 5.40. The SMILES string of the molecule is Clc1cccc(Cl)c1CCc1ccc(C2CN(Cc3ccccc3)CCO2)cc1. The van der Waals surface area contributed by atoms with Crippen LogP contribution in [-0.2, 0) is 24.1 Å². The molecule has 29 heavy (non-hydrogen) atoms. The molecule has 3 aromatic rings. The number of halogens is 2. The first kappa shape index (κ1) is 20.4. The van der Waals surface area contributed by atoms with Crippen molar-refractivity contribution in [2.45, 2.75) is 25.5 Å². The van der Waals surface area contributed by atoms with Crippen LogP contribution in [-0.4, -0.2) is 24.6 Å². The summed E-state index contributed by atoms with van der Waals surface area (Å²) in [7, 11) is 0. The fraction of sp³-hybridized carbons (Fsp3) is 0.280. The van der Waals surface area contributed by atoms with Crippen molar-refractivity contribution >= 4 is 23.2 Å². The van der Waals surface area contributed by atoms with E-state index in [0.717, 1.165) is 54.7 Å². The van der Waals surface area contributed by atoms with Crippen molar-refractivity contribution in [3.63, 3.8) is 0 Å². The van der Waals surface area contributed by atoms with Gasteiger partial charge in [0.1, 0.15) is 0 Å². The van der Waals surface area contributed by atoms with E-state index in [9.17, 15) is 0 Å². The molecule has 1 aliphatic rings. The highest BCUT2D eigenvalue weighted by molar-refractivity contribution is 6.35. The van der Waals surface area contributed by atoms with Crippen LogP contribution in [0.2, 0.25) is 10.0 Å². The van der Waals surface area contributed by atoms with Crippen LogP contribution in [0.1, 0.15) is 28.4 Å². The van der Waals surface area contributed by atoms with E-state index < -0.39 is 0 Å². The van der Waals surface area contributed by atoms with Gasteiger partial charge in [-0.15, -0.1) is 0 Å². The van der Waals surface area contributed by atoms with Gasteiger partial charge in [0.2, 0.25) is 0 Å². The van der Waals surface area contributed by atoms with Gasteiger partial charge in [0, 0.05) is 29.7 Å². The highest BCUT2D eigenvalue weighted by atomic mass is 35.5. The normalized spacial score (nSPS) is 17.4. The quantitative estimate of drug-likeness (QED) is 0.455. The Hall–Kier alpha value is -1.84. The van der Waals surface area contributed by atoms with Crippen LogP contribution in [0.25, 0.3) is 0 Å². The number of hydrogen-bond acceptors (Lipinski definition) is 2. The summed E-state index contributed by atoms with van der Waals surface area (Å²) in [4.78, 5) is 2.47. The minimum atomic E-state index is 0.125. The summed E-state index contributed by atoms with van der Waals surface area (Å²) in [6.07, 6.45) is 1.87. The average Bonchev–Trinajstić information content (AvgIpc) is 2.75. The van der Waals surface area contributed by atoms with Crippen molar-refractivity contribution < 1.29 is 4.74 Å². The van der Waals surface area contributed by atoms with E-state index in [-0.39, 0.29) is 6.10 Å². The molecule has 1 heterocycles. The lowest BCUT2D eigenvalue weighted by Gasteiger charge is -2.33. The van der Waals surface area contributed by atoms with Crippen LogP contribution in [0.5, 0.6) is 0 Å². The highest BCUT2D eigenvalue weighted by Crippen LogP contribution is 2.27. The Morgan fingerprint density at radius 1 is 0.793 bits per heavy atom. The van der Waals surface area contributed by atoms with Gasteiger partial charge in [-0.25, -0.2) is 0 Å². The molecule has 150 valence electrons. The van der Waals surface area contributed by atoms with E-state index in [1.165, 1.54) is 16.7 Å². The first-order valence-corrected chi connectivity index (χ1v) is 10.8. The predicted octanol–water partition coefficient (Wildman–Crippen LogP) is 6.35. The summed E-state index contributed by atoms with van der Waals surface area (Å²) >= 11 is 12.6. The zero-order chi connectivity index (χ0) is 20.1. The molecule has 0 spiro atoms. The maximum absolute atomic E-state index is 6.29. The molecule has 0 bridgehead atoms. The van der Waals surface area contributed by atoms with Crippen molar-refractivity contribution in [1.29, 1.82) is 0 Å². The molecule has 0 aliphatic carbocycles. The van der Waals surface area contributed by atoms with Gasteiger partial charge >= 0.3 is 0 Å². The van der Waals surface area contributed by atoms with Crippen molar-refractivity contribution in [2.75, 3.05) is 19.7 Å². The van der Waals surface area contributed by atoms with E-state index in [4.69, 9.17) is 27.9 Å². The van der Waals surface area contributed by atoms with Crippen molar-refractivity contribution in [3.05, 3.63) is 105 Å². The number of aryl methyl sites for hydroxylation is 1. The van der Waals surface area contributed by atoms with Gasteiger partial charge in [0.15, 0.2) is 0 Å². The second kappa shape index (κ2) is 9.77. The molecule has 0 amide bonds. The van der Waals surface area contributed by atoms with Crippen LogP contribution in [0.4, 0.5) is 0 Å². The van der Waals surface area contributed by atoms with Crippen LogP contribution in [0.3, 0.4) is 0 Å². The largest absolute Gasteiger partial charge is 0.371 e. The molecule has 3 aromatic carbocycles. The molecule has 2 nitrogen and oxygen atoms in total. The van der Waals surface area contributed by atoms with E-state index in [2.05, 4.69) is 59.5 Å². The first-order valence-electron chi connectivity index (χ1n) is 10.1. The van der Waals surface area contributed by atoms with Gasteiger partial charge in [0.25, 0.3) is 0 Å². The number of nitrogens with zero attached hydrogens (tertiary/aromatic N) is 1. The van der Waals surface area contributed by atoms with E-state index in [1.807, 2.05) is 18.2 Å². The van der Waals surface area contributed by atoms with Crippen LogP contribution < -0.4 is 0 Å². The summed E-state index contributed by atoms with van der Waals surface area (Å²) < 4.78 is 6.06. The molecule has 0 saturated carbocycles. The molecule has 1 unspecified atom stereocenters. The average molecular weight is 426 g/mol. The standard InChI is InChI=1S/C25H25Cl2NO/c26-23-7-4-8-24(27)22(23)14-11-19-9-12-21(13-10-19)25-18-28(15-16-29-25)17-20-5-2-1-3-6-20/h1-10,12-13,25H,11,14-18H2. The Kier molecular flexibility index (Phi) is 6.89. The van der Waals surface area contributed by atoms with Gasteiger partial charge in [-0.05, 0) is 47.2 Å². The molecule has 1 aliphatic heterocycles. The second-order valence-electron chi connectivity index (χ2n) is 7.52. The molecule has 0 N–H and O–H groups in total. The molecule has 1 fully saturated rings. The molecule has 1 atom stereocenters. The van der Waals surface area contributed by atoms with Crippen molar-refractivity contribution in [1.82, 2.24) is 4.90 Å². The monoisotopic (exact) mass is 425 g/mol. The van der Waals surface area contributed by atoms with Gasteiger partial charge in [-0.2, -0.15) is 0 Å². The summed E-state index contributed by atoms with van der Waals surface area (Å²) in [6.45, 7) is 3.63. The zero-order valence-corrected chi connectivity index (χ0v) is 17.9. The molecule has 0 radical (unpaired) electrons. The summed E-state index contributed by atoms with van der Waals surface area (Å²) in [5.41, 5.74) is 4.89. The van der Waals surface area contributed by atoms with Gasteiger partial charge in [-0.3, -0.25) is 4.90 Å². The molecule has 0 aromatic heterocycles. The fourth-order valence-electron chi connectivity index (χ4n) is 3.83. The molecule has 4 heteroatoms. The van der Waals surface area contributed by atoms with Crippen LogP contribution in [0.15, 0.2) is 72.8 Å². The van der Waals surface area contributed by atoms with Gasteiger partial charge in [-0.1, -0.05) is 83.9 Å². The Morgan fingerprint density at radius 2 is 1.52 bits per heavy atom. The van der Waals surface area contributed by atoms with Crippen LogP contribution >= 0.6 is 23.2 Å². The number of ether oxygens (including phenoxy) is 1. The van der Waals surface area contributed by atoms with Gasteiger partial charge < -0.3 is 4.74 Å². The van der Waals surface area contributed by atoms with E-state index in [0.29, 0.717) is 0 Å². The lowest BCUT2D eigenvalue weighted by atomic mass is 10.0. The Balaban J connectivity index is 1.36. The van der Waals surface area contributed by atoms with Crippen LogP contribution in [0, 0.1) is 0 Å². The molecular weight excluding hydrogens is 401 g/mol. The summed E-state index contributed by atoms with van der Waals surface area (Å²) in [5.74, 6) is 0. The lowest BCUT2D eigenvalue weighted by molar-refractivity contribution is -0.0329. The third-order valence-corrected chi connectivity index (χ3v) is 6.18. The number of hydrogen-bond donors (Lipinski definition) is 0. The lowest BCUT2D eigenvalue weighted by Crippen LogP contribution is -2.37. The number of morpholine rings is 1. The Bertz CT molecular complexity index is 907. The summed E-state index contributed by atoms with van der Waals surface area (Å²) in [5, 5.41) is 1.48. The van der Waals surface area contributed by atoms with Crippen molar-refractivity contribution in [2.24, 2.45) is 0 Å². The van der Waals surface area contributed by atoms with E-state index in [1.54, 1.807) is 0 Å². The minimum Gasteiger partial charge on any atom is -0.371 e. The number of rotatable bonds is 6. The molecule has 1 saturated heterocycles. The first-order chi connectivity index (χ1) is 14.2. The second-order valence-corrected chi connectivity index (χ2v) is 8.34. The third-order valence-electron chi connectivity index (χ3n) is 5.48. The molecule has 4 rings (SSSR count). The van der Waals surface area contributed by atoms with E-state index >= 15 is 0 Å². The predicted molar refractivity (Wildman–Crippen MR) is 121 cm³/mol. The number of benzene rings is 3. The maximum Gasteiger partial charge on any atom is 0.0952 e. The minimum absolute atomic E-state index is 0.125. The fourth-order valence-corrected chi connectivity index (χ4v) is 4.42. The van der Waals surface area contributed by atoms with Crippen molar-refractivity contribution in [3.8, 4) is 0 Å². The smallest absolute Gasteiger partial charge is 0.0952 e. The highest BCUT2D eigenvalue weighted by Gasteiger charge is 2.22. The Morgan fingerprint density at radius 3 is 2.24 bits per heavy atom. The summed E-state index contributed by atoms with van der Waals surface area (Å²) in [6, 6.07) is 25.1. The molecular formula is C25H25Cl2NO. The Labute approximate surface area is 183 Å².